The highest BCUT2D eigenvalue weighted by Gasteiger charge is 2.19. The second-order valence-electron chi connectivity index (χ2n) is 6.94. The first kappa shape index (κ1) is 18.0. The molecule has 142 valence electrons. The van der Waals surface area contributed by atoms with Gasteiger partial charge in [-0.1, -0.05) is 18.2 Å². The fourth-order valence-electron chi connectivity index (χ4n) is 3.46. The molecule has 0 atom stereocenters. The Kier molecular flexibility index (Phi) is 5.52. The van der Waals surface area contributed by atoms with Crippen molar-refractivity contribution in [2.75, 3.05) is 28.6 Å². The minimum absolute atomic E-state index is 0.127. The molecule has 2 N–H and O–H groups in total. The summed E-state index contributed by atoms with van der Waals surface area (Å²) in [5, 5.41) is 6.33. The number of nitrogens with zero attached hydrogens (tertiary/aromatic N) is 2. The first-order valence-corrected chi connectivity index (χ1v) is 9.73. The van der Waals surface area contributed by atoms with E-state index in [9.17, 15) is 4.79 Å². The van der Waals surface area contributed by atoms with Gasteiger partial charge in [-0.3, -0.25) is 4.79 Å². The Labute approximate surface area is 165 Å². The topological polar surface area (TPSA) is 57.3 Å². The van der Waals surface area contributed by atoms with Crippen molar-refractivity contribution in [3.8, 4) is 0 Å². The number of anilines is 4. The van der Waals surface area contributed by atoms with Gasteiger partial charge in [0.05, 0.1) is 5.56 Å². The second kappa shape index (κ2) is 8.57. The number of aromatic nitrogens is 1. The number of hydrogen-bond acceptors (Lipinski definition) is 4. The monoisotopic (exact) mass is 372 g/mol. The largest absolute Gasteiger partial charge is 0.356 e. The normalized spacial score (nSPS) is 13.8. The third-order valence-electron chi connectivity index (χ3n) is 4.89. The molecule has 0 aliphatic carbocycles. The molecular formula is C23H24N4O. The van der Waals surface area contributed by atoms with Crippen LogP contribution >= 0.6 is 0 Å². The van der Waals surface area contributed by atoms with E-state index in [1.165, 1.54) is 6.42 Å². The molecule has 1 aliphatic heterocycles. The summed E-state index contributed by atoms with van der Waals surface area (Å²) in [7, 11) is 0. The number of benzene rings is 2. The Morgan fingerprint density at radius 2 is 1.46 bits per heavy atom. The zero-order chi connectivity index (χ0) is 19.2. The molecule has 5 heteroatoms. The zero-order valence-corrected chi connectivity index (χ0v) is 15.8. The Bertz CT molecular complexity index is 919. The summed E-state index contributed by atoms with van der Waals surface area (Å²) < 4.78 is 0. The van der Waals surface area contributed by atoms with Crippen molar-refractivity contribution in [1.82, 2.24) is 4.98 Å². The average Bonchev–Trinajstić information content (AvgIpc) is 2.76. The molecule has 1 saturated heterocycles. The molecule has 2 heterocycles. The minimum atomic E-state index is -0.127. The maximum atomic E-state index is 12.9. The molecule has 0 spiro atoms. The van der Waals surface area contributed by atoms with Crippen molar-refractivity contribution >= 4 is 28.8 Å². The van der Waals surface area contributed by atoms with Crippen LogP contribution in [0.5, 0.6) is 0 Å². The lowest BCUT2D eigenvalue weighted by atomic mass is 10.1. The maximum absolute atomic E-state index is 12.9. The van der Waals surface area contributed by atoms with Crippen molar-refractivity contribution in [1.29, 1.82) is 0 Å². The van der Waals surface area contributed by atoms with Crippen molar-refractivity contribution in [3.05, 3.63) is 78.5 Å². The Hall–Kier alpha value is -3.34. The van der Waals surface area contributed by atoms with Crippen LogP contribution in [0.15, 0.2) is 72.9 Å². The summed E-state index contributed by atoms with van der Waals surface area (Å²) >= 11 is 0. The molecule has 5 nitrogen and oxygen atoms in total. The number of carbonyl (C=O) groups is 1. The van der Waals surface area contributed by atoms with Crippen LogP contribution in [-0.2, 0) is 0 Å². The predicted octanol–water partition coefficient (Wildman–Crippen LogP) is 5.07. The van der Waals surface area contributed by atoms with E-state index in [-0.39, 0.29) is 5.91 Å². The van der Waals surface area contributed by atoms with Gasteiger partial charge in [0.25, 0.3) is 5.91 Å². The van der Waals surface area contributed by atoms with E-state index < -0.39 is 0 Å². The molecule has 28 heavy (non-hydrogen) atoms. The van der Waals surface area contributed by atoms with Crippen molar-refractivity contribution < 1.29 is 4.79 Å². The van der Waals surface area contributed by atoms with Gasteiger partial charge in [-0.25, -0.2) is 4.98 Å². The molecule has 0 saturated carbocycles. The molecule has 0 unspecified atom stereocenters. The smallest absolute Gasteiger partial charge is 0.259 e. The highest BCUT2D eigenvalue weighted by molar-refractivity contribution is 6.07. The number of rotatable bonds is 5. The molecule has 1 aliphatic rings. The fourth-order valence-corrected chi connectivity index (χ4v) is 3.46. The molecule has 1 amide bonds. The van der Waals surface area contributed by atoms with Crippen molar-refractivity contribution in [2.45, 2.75) is 19.3 Å². The van der Waals surface area contributed by atoms with Gasteiger partial charge < -0.3 is 15.5 Å². The highest BCUT2D eigenvalue weighted by Crippen LogP contribution is 2.23. The van der Waals surface area contributed by atoms with E-state index in [4.69, 9.17) is 0 Å². The first-order valence-electron chi connectivity index (χ1n) is 9.73. The van der Waals surface area contributed by atoms with Gasteiger partial charge in [0.2, 0.25) is 0 Å². The summed E-state index contributed by atoms with van der Waals surface area (Å²) in [6.07, 6.45) is 5.29. The third kappa shape index (κ3) is 4.31. The molecule has 0 radical (unpaired) electrons. The lowest BCUT2D eigenvalue weighted by molar-refractivity contribution is 0.102. The number of nitrogens with one attached hydrogen (secondary N) is 2. The Morgan fingerprint density at radius 1 is 0.786 bits per heavy atom. The summed E-state index contributed by atoms with van der Waals surface area (Å²) in [5.41, 5.74) is 3.38. The number of carbonyl (C=O) groups excluding carboxylic acids is 1. The van der Waals surface area contributed by atoms with Gasteiger partial charge >= 0.3 is 0 Å². The number of pyridine rings is 1. The average molecular weight is 372 g/mol. The Morgan fingerprint density at radius 3 is 2.21 bits per heavy atom. The van der Waals surface area contributed by atoms with Gasteiger partial charge in [-0.15, -0.1) is 0 Å². The third-order valence-corrected chi connectivity index (χ3v) is 4.89. The Balaban J connectivity index is 1.45. The zero-order valence-electron chi connectivity index (χ0n) is 15.8. The van der Waals surface area contributed by atoms with E-state index in [1.807, 2.05) is 66.7 Å². The summed E-state index contributed by atoms with van der Waals surface area (Å²) in [5.74, 6) is 0.652. The van der Waals surface area contributed by atoms with Crippen LogP contribution in [0.4, 0.5) is 22.9 Å². The van der Waals surface area contributed by atoms with E-state index in [0.717, 1.165) is 48.8 Å². The van der Waals surface area contributed by atoms with Crippen LogP contribution in [0.2, 0.25) is 0 Å². The van der Waals surface area contributed by atoms with Crippen LogP contribution in [-0.4, -0.2) is 24.0 Å². The highest BCUT2D eigenvalue weighted by atomic mass is 16.1. The molecule has 1 fully saturated rings. The minimum Gasteiger partial charge on any atom is -0.356 e. The van der Waals surface area contributed by atoms with Crippen LogP contribution in [0.1, 0.15) is 29.6 Å². The van der Waals surface area contributed by atoms with Crippen LogP contribution < -0.4 is 15.5 Å². The number of piperidine rings is 1. The van der Waals surface area contributed by atoms with Crippen molar-refractivity contribution in [2.24, 2.45) is 0 Å². The first-order chi connectivity index (χ1) is 13.8. The van der Waals surface area contributed by atoms with E-state index in [2.05, 4.69) is 20.5 Å². The van der Waals surface area contributed by atoms with Gasteiger partial charge in [0, 0.05) is 36.3 Å². The van der Waals surface area contributed by atoms with Crippen LogP contribution in [0.25, 0.3) is 0 Å². The van der Waals surface area contributed by atoms with E-state index in [1.54, 1.807) is 6.20 Å². The standard InChI is InChI=1S/C23H24N4O/c28-23(21-10-7-15-24-22(21)27-16-5-2-6-17-27)26-20-13-11-19(12-14-20)25-18-8-3-1-4-9-18/h1,3-4,7-15,25H,2,5-6,16-17H2,(H,26,28). The van der Waals surface area contributed by atoms with Gasteiger partial charge in [0.15, 0.2) is 0 Å². The van der Waals surface area contributed by atoms with Crippen LogP contribution in [0.3, 0.4) is 0 Å². The lowest BCUT2D eigenvalue weighted by Crippen LogP contribution is -2.32. The lowest BCUT2D eigenvalue weighted by Gasteiger charge is -2.29. The van der Waals surface area contributed by atoms with E-state index >= 15 is 0 Å². The SMILES string of the molecule is O=C(Nc1ccc(Nc2ccccc2)cc1)c1cccnc1N1CCCCC1. The van der Waals surface area contributed by atoms with Crippen molar-refractivity contribution in [3.63, 3.8) is 0 Å². The molecule has 0 bridgehead atoms. The number of hydrogen-bond donors (Lipinski definition) is 2. The molecule has 1 aromatic heterocycles. The summed E-state index contributed by atoms with van der Waals surface area (Å²) in [6, 6.07) is 21.4. The van der Waals surface area contributed by atoms with Crippen LogP contribution in [0, 0.1) is 0 Å². The molecule has 3 aromatic rings. The molecule has 2 aromatic carbocycles. The number of para-hydroxylation sites is 1. The summed E-state index contributed by atoms with van der Waals surface area (Å²) in [6.45, 7) is 1.91. The van der Waals surface area contributed by atoms with Gasteiger partial charge in [-0.2, -0.15) is 0 Å². The maximum Gasteiger partial charge on any atom is 0.259 e. The van der Waals surface area contributed by atoms with E-state index in [0.29, 0.717) is 5.56 Å². The quantitative estimate of drug-likeness (QED) is 0.657. The molecular weight excluding hydrogens is 348 g/mol. The summed E-state index contributed by atoms with van der Waals surface area (Å²) in [4.78, 5) is 19.6. The second-order valence-corrected chi connectivity index (χ2v) is 6.94. The number of amides is 1. The fraction of sp³-hybridized carbons (Fsp3) is 0.217. The van der Waals surface area contributed by atoms with Gasteiger partial charge in [-0.05, 0) is 67.8 Å². The molecule has 4 rings (SSSR count). The van der Waals surface area contributed by atoms with Gasteiger partial charge in [0.1, 0.15) is 5.82 Å². The predicted molar refractivity (Wildman–Crippen MR) is 114 cm³/mol.